The Morgan fingerprint density at radius 1 is 1.25 bits per heavy atom. The molecule has 4 nitrogen and oxygen atoms in total. The van der Waals surface area contributed by atoms with Crippen LogP contribution in [-0.4, -0.2) is 17.9 Å². The minimum atomic E-state index is 0.00957. The first-order valence-corrected chi connectivity index (χ1v) is 6.70. The van der Waals surface area contributed by atoms with Gasteiger partial charge in [0, 0.05) is 31.0 Å². The molecule has 4 heteroatoms. The Balaban J connectivity index is 2.18. The van der Waals surface area contributed by atoms with Crippen molar-refractivity contribution >= 4 is 11.5 Å². The quantitative estimate of drug-likeness (QED) is 0.647. The molecule has 0 fully saturated rings. The molecule has 0 saturated heterocycles. The highest BCUT2D eigenvalue weighted by molar-refractivity contribution is 5.94. The minimum absolute atomic E-state index is 0.00957. The predicted octanol–water partition coefficient (Wildman–Crippen LogP) is 2.56. The molecule has 2 aromatic rings. The maximum atomic E-state index is 7.57. The lowest BCUT2D eigenvalue weighted by Crippen LogP contribution is -2.22. The van der Waals surface area contributed by atoms with Crippen LogP contribution in [0.25, 0.3) is 0 Å². The molecule has 1 aromatic heterocycles. The van der Waals surface area contributed by atoms with Crippen molar-refractivity contribution in [3.05, 3.63) is 59.4 Å². The summed E-state index contributed by atoms with van der Waals surface area (Å²) >= 11 is 0. The van der Waals surface area contributed by atoms with Crippen LogP contribution >= 0.6 is 0 Å². The fourth-order valence-corrected chi connectivity index (χ4v) is 2.14. The third kappa shape index (κ3) is 3.15. The minimum Gasteiger partial charge on any atom is -0.382 e. The van der Waals surface area contributed by atoms with Gasteiger partial charge in [0.25, 0.3) is 0 Å². The van der Waals surface area contributed by atoms with Crippen molar-refractivity contribution in [2.45, 2.75) is 19.9 Å². The van der Waals surface area contributed by atoms with Crippen molar-refractivity contribution < 1.29 is 0 Å². The first-order valence-electron chi connectivity index (χ1n) is 6.70. The fraction of sp³-hybridized carbons (Fsp3) is 0.250. The second-order valence-electron chi connectivity index (χ2n) is 4.80. The van der Waals surface area contributed by atoms with E-state index in [2.05, 4.69) is 41.1 Å². The largest absolute Gasteiger partial charge is 0.382 e. The van der Waals surface area contributed by atoms with Gasteiger partial charge in [-0.2, -0.15) is 0 Å². The molecule has 0 unspecified atom stereocenters. The number of pyridine rings is 1. The Kier molecular flexibility index (Phi) is 4.35. The van der Waals surface area contributed by atoms with Crippen molar-refractivity contribution in [3.63, 3.8) is 0 Å². The van der Waals surface area contributed by atoms with Crippen LogP contribution in [-0.2, 0) is 13.0 Å². The van der Waals surface area contributed by atoms with Crippen molar-refractivity contribution in [2.24, 2.45) is 5.73 Å². The molecular formula is C16H20N4. The van der Waals surface area contributed by atoms with Gasteiger partial charge in [-0.25, -0.2) is 0 Å². The number of hydrogen-bond donors (Lipinski definition) is 2. The highest BCUT2D eigenvalue weighted by Crippen LogP contribution is 2.17. The third-order valence-electron chi connectivity index (χ3n) is 3.34. The van der Waals surface area contributed by atoms with Gasteiger partial charge in [-0.05, 0) is 30.2 Å². The van der Waals surface area contributed by atoms with Crippen LogP contribution in [0.1, 0.15) is 23.7 Å². The molecule has 0 aliphatic carbocycles. The lowest BCUT2D eigenvalue weighted by Gasteiger charge is -2.20. The van der Waals surface area contributed by atoms with E-state index in [0.717, 1.165) is 17.7 Å². The standard InChI is InChI=1S/C16H20N4/c1-3-12-6-8-14(9-7-12)20(2)11-13-5-4-10-19-15(13)16(17)18/h4-10H,3,11H2,1-2H3,(H3,17,18). The lowest BCUT2D eigenvalue weighted by atomic mass is 10.1. The van der Waals surface area contributed by atoms with E-state index in [1.165, 1.54) is 5.56 Å². The number of nitrogens with two attached hydrogens (primary N) is 1. The second kappa shape index (κ2) is 6.19. The van der Waals surface area contributed by atoms with E-state index in [9.17, 15) is 0 Å². The van der Waals surface area contributed by atoms with Crippen molar-refractivity contribution in [2.75, 3.05) is 11.9 Å². The number of amidine groups is 1. The van der Waals surface area contributed by atoms with Crippen LogP contribution in [0.15, 0.2) is 42.6 Å². The molecule has 3 N–H and O–H groups in total. The number of nitrogens with zero attached hydrogens (tertiary/aromatic N) is 2. The van der Waals surface area contributed by atoms with Gasteiger partial charge in [0.15, 0.2) is 0 Å². The molecule has 0 spiro atoms. The number of nitrogens with one attached hydrogen (secondary N) is 1. The molecule has 2 rings (SSSR count). The van der Waals surface area contributed by atoms with E-state index in [0.29, 0.717) is 12.2 Å². The van der Waals surface area contributed by atoms with Gasteiger partial charge in [0.1, 0.15) is 11.5 Å². The van der Waals surface area contributed by atoms with Gasteiger partial charge >= 0.3 is 0 Å². The molecule has 0 saturated carbocycles. The average molecular weight is 268 g/mol. The topological polar surface area (TPSA) is 66.0 Å². The fourth-order valence-electron chi connectivity index (χ4n) is 2.14. The highest BCUT2D eigenvalue weighted by Gasteiger charge is 2.09. The molecule has 0 aliphatic rings. The molecule has 0 bridgehead atoms. The summed E-state index contributed by atoms with van der Waals surface area (Å²) < 4.78 is 0. The van der Waals surface area contributed by atoms with Crippen LogP contribution in [0, 0.1) is 5.41 Å². The number of aromatic nitrogens is 1. The Labute approximate surface area is 119 Å². The molecular weight excluding hydrogens is 248 g/mol. The predicted molar refractivity (Wildman–Crippen MR) is 83.2 cm³/mol. The lowest BCUT2D eigenvalue weighted by molar-refractivity contribution is 0.909. The van der Waals surface area contributed by atoms with Crippen LogP contribution in [0.3, 0.4) is 0 Å². The summed E-state index contributed by atoms with van der Waals surface area (Å²) in [6, 6.07) is 12.3. The normalized spacial score (nSPS) is 10.3. The van der Waals surface area contributed by atoms with Crippen LogP contribution in [0.5, 0.6) is 0 Å². The molecule has 1 aromatic carbocycles. The maximum absolute atomic E-state index is 7.57. The molecule has 0 atom stereocenters. The zero-order valence-corrected chi connectivity index (χ0v) is 11.9. The molecule has 1 heterocycles. The highest BCUT2D eigenvalue weighted by atomic mass is 15.1. The number of nitrogen functional groups attached to an aromatic ring is 1. The van der Waals surface area contributed by atoms with Crippen LogP contribution < -0.4 is 10.6 Å². The summed E-state index contributed by atoms with van der Waals surface area (Å²) in [4.78, 5) is 6.30. The van der Waals surface area contributed by atoms with Gasteiger partial charge < -0.3 is 10.6 Å². The summed E-state index contributed by atoms with van der Waals surface area (Å²) in [7, 11) is 2.03. The van der Waals surface area contributed by atoms with Crippen LogP contribution in [0.4, 0.5) is 5.69 Å². The van der Waals surface area contributed by atoms with Crippen molar-refractivity contribution in [1.29, 1.82) is 5.41 Å². The van der Waals surface area contributed by atoms with Gasteiger partial charge in [-0.1, -0.05) is 25.1 Å². The summed E-state index contributed by atoms with van der Waals surface area (Å²) in [6.45, 7) is 2.82. The van der Waals surface area contributed by atoms with Gasteiger partial charge in [0.05, 0.1) is 0 Å². The Bertz CT molecular complexity index is 590. The summed E-state index contributed by atoms with van der Waals surface area (Å²) in [5.74, 6) is 0.00957. The summed E-state index contributed by atoms with van der Waals surface area (Å²) in [5.41, 5.74) is 9.56. The second-order valence-corrected chi connectivity index (χ2v) is 4.80. The number of rotatable bonds is 5. The van der Waals surface area contributed by atoms with Crippen molar-refractivity contribution in [1.82, 2.24) is 4.98 Å². The van der Waals surface area contributed by atoms with E-state index in [4.69, 9.17) is 11.1 Å². The smallest absolute Gasteiger partial charge is 0.142 e. The van der Waals surface area contributed by atoms with Gasteiger partial charge in [-0.15, -0.1) is 0 Å². The van der Waals surface area contributed by atoms with E-state index in [1.807, 2.05) is 19.2 Å². The van der Waals surface area contributed by atoms with E-state index >= 15 is 0 Å². The Hall–Kier alpha value is -2.36. The number of benzene rings is 1. The van der Waals surface area contributed by atoms with Crippen LogP contribution in [0.2, 0.25) is 0 Å². The molecule has 20 heavy (non-hydrogen) atoms. The summed E-state index contributed by atoms with van der Waals surface area (Å²) in [6.07, 6.45) is 2.71. The first kappa shape index (κ1) is 14.1. The zero-order valence-electron chi connectivity index (χ0n) is 11.9. The van der Waals surface area contributed by atoms with E-state index < -0.39 is 0 Å². The first-order chi connectivity index (χ1) is 9.61. The van der Waals surface area contributed by atoms with Crippen molar-refractivity contribution in [3.8, 4) is 0 Å². The molecule has 0 radical (unpaired) electrons. The molecule has 0 amide bonds. The number of hydrogen-bond acceptors (Lipinski definition) is 3. The maximum Gasteiger partial charge on any atom is 0.142 e. The van der Waals surface area contributed by atoms with E-state index in [1.54, 1.807) is 6.20 Å². The monoisotopic (exact) mass is 268 g/mol. The number of anilines is 1. The van der Waals surface area contributed by atoms with Gasteiger partial charge in [-0.3, -0.25) is 10.4 Å². The Morgan fingerprint density at radius 3 is 2.55 bits per heavy atom. The third-order valence-corrected chi connectivity index (χ3v) is 3.34. The Morgan fingerprint density at radius 2 is 1.95 bits per heavy atom. The summed E-state index contributed by atoms with van der Waals surface area (Å²) in [5, 5.41) is 7.57. The SMILES string of the molecule is CCc1ccc(N(C)Cc2cccnc2C(=N)N)cc1. The van der Waals surface area contributed by atoms with Gasteiger partial charge in [0.2, 0.25) is 0 Å². The number of aryl methyl sites for hydroxylation is 1. The molecule has 104 valence electrons. The molecule has 0 aliphatic heterocycles. The average Bonchev–Trinajstić information content (AvgIpc) is 2.47. The van der Waals surface area contributed by atoms with E-state index in [-0.39, 0.29) is 5.84 Å². The zero-order chi connectivity index (χ0) is 14.5.